The van der Waals surface area contributed by atoms with Gasteiger partial charge >= 0.3 is 12.1 Å². The Kier molecular flexibility index (Phi) is 5.47. The first-order valence-electron chi connectivity index (χ1n) is 11.2. The third-order valence-electron chi connectivity index (χ3n) is 6.64. The maximum absolute atomic E-state index is 12.2. The molecule has 5 nitrogen and oxygen atoms in total. The van der Waals surface area contributed by atoms with Crippen LogP contribution in [0.15, 0.2) is 78.9 Å². The average molecular weight is 440 g/mol. The van der Waals surface area contributed by atoms with Crippen molar-refractivity contribution in [3.05, 3.63) is 101 Å². The van der Waals surface area contributed by atoms with Gasteiger partial charge in [-0.1, -0.05) is 84.9 Å². The minimum Gasteiger partial charge on any atom is -0.481 e. The second kappa shape index (κ2) is 8.58. The fraction of sp³-hybridized carbons (Fsp3) is 0.214. The lowest BCUT2D eigenvalue weighted by Crippen LogP contribution is -2.26. The molecule has 1 fully saturated rings. The summed E-state index contributed by atoms with van der Waals surface area (Å²) in [6.07, 6.45) is 4.69. The maximum Gasteiger partial charge on any atom is 0.407 e. The molecule has 2 aliphatic carbocycles. The van der Waals surface area contributed by atoms with Gasteiger partial charge in [-0.25, -0.2) is 4.79 Å². The number of alkyl carbamates (subject to hydrolysis) is 1. The molecule has 0 spiro atoms. The number of fused-ring (bicyclic) bond motifs is 3. The van der Waals surface area contributed by atoms with Crippen molar-refractivity contribution in [2.24, 2.45) is 0 Å². The first kappa shape index (κ1) is 21.0. The molecule has 0 aromatic heterocycles. The predicted molar refractivity (Wildman–Crippen MR) is 127 cm³/mol. The molecule has 2 N–H and O–H groups in total. The monoisotopic (exact) mass is 439 g/mol. The molecule has 0 atom stereocenters. The summed E-state index contributed by atoms with van der Waals surface area (Å²) < 4.78 is 5.53. The lowest BCUT2D eigenvalue weighted by molar-refractivity contribution is -0.140. The second-order valence-electron chi connectivity index (χ2n) is 8.62. The van der Waals surface area contributed by atoms with Crippen molar-refractivity contribution in [1.82, 2.24) is 5.32 Å². The summed E-state index contributed by atoms with van der Waals surface area (Å²) in [5, 5.41) is 12.2. The number of benzene rings is 3. The van der Waals surface area contributed by atoms with E-state index in [9.17, 15) is 14.7 Å². The number of amides is 1. The van der Waals surface area contributed by atoms with E-state index in [2.05, 4.69) is 29.6 Å². The molecule has 0 bridgehead atoms. The van der Waals surface area contributed by atoms with E-state index >= 15 is 0 Å². The van der Waals surface area contributed by atoms with Crippen LogP contribution in [0.4, 0.5) is 4.79 Å². The van der Waals surface area contributed by atoms with E-state index in [1.54, 1.807) is 0 Å². The second-order valence-corrected chi connectivity index (χ2v) is 8.62. The van der Waals surface area contributed by atoms with E-state index in [1.165, 1.54) is 22.3 Å². The summed E-state index contributed by atoms with van der Waals surface area (Å²) in [5.41, 5.74) is 5.89. The normalized spacial score (nSPS) is 15.6. The Labute approximate surface area is 192 Å². The van der Waals surface area contributed by atoms with Gasteiger partial charge in [-0.05, 0) is 46.2 Å². The molecule has 1 saturated carbocycles. The molecule has 0 heterocycles. The van der Waals surface area contributed by atoms with Crippen molar-refractivity contribution in [3.8, 4) is 11.1 Å². The lowest BCUT2D eigenvalue weighted by Gasteiger charge is -2.14. The van der Waals surface area contributed by atoms with Crippen LogP contribution >= 0.6 is 0 Å². The number of hydrogen-bond acceptors (Lipinski definition) is 3. The summed E-state index contributed by atoms with van der Waals surface area (Å²) in [5.74, 6) is -0.712. The molecular formula is C28H25NO4. The predicted octanol–water partition coefficient (Wildman–Crippen LogP) is 5.35. The number of carbonyl (C=O) groups is 2. The molecular weight excluding hydrogens is 414 g/mol. The highest BCUT2D eigenvalue weighted by Gasteiger charge is 2.51. The van der Waals surface area contributed by atoms with E-state index in [1.807, 2.05) is 60.7 Å². The quantitative estimate of drug-likeness (QED) is 0.520. The Morgan fingerprint density at radius 1 is 0.939 bits per heavy atom. The van der Waals surface area contributed by atoms with Gasteiger partial charge in [-0.15, -0.1) is 0 Å². The van der Waals surface area contributed by atoms with Crippen molar-refractivity contribution in [1.29, 1.82) is 0 Å². The van der Waals surface area contributed by atoms with Crippen molar-refractivity contribution in [2.75, 3.05) is 13.2 Å². The zero-order chi connectivity index (χ0) is 22.8. The fourth-order valence-corrected chi connectivity index (χ4v) is 4.65. The first-order valence-corrected chi connectivity index (χ1v) is 11.2. The molecule has 0 radical (unpaired) electrons. The summed E-state index contributed by atoms with van der Waals surface area (Å²) in [6, 6.07) is 24.1. The minimum absolute atomic E-state index is 0.0396. The number of carbonyl (C=O) groups excluding carboxylic acids is 1. The molecule has 2 aliphatic rings. The van der Waals surface area contributed by atoms with Crippen LogP contribution in [-0.4, -0.2) is 30.3 Å². The zero-order valence-corrected chi connectivity index (χ0v) is 18.2. The zero-order valence-electron chi connectivity index (χ0n) is 18.2. The van der Waals surface area contributed by atoms with Crippen LogP contribution in [0.5, 0.6) is 0 Å². The van der Waals surface area contributed by atoms with Crippen molar-refractivity contribution in [3.63, 3.8) is 0 Å². The lowest BCUT2D eigenvalue weighted by atomic mass is 9.95. The van der Waals surface area contributed by atoms with Gasteiger partial charge in [-0.2, -0.15) is 0 Å². The Morgan fingerprint density at radius 2 is 1.55 bits per heavy atom. The summed E-state index contributed by atoms with van der Waals surface area (Å²) in [7, 11) is 0. The first-order chi connectivity index (χ1) is 16.1. The van der Waals surface area contributed by atoms with Gasteiger partial charge in [0.1, 0.15) is 6.61 Å². The van der Waals surface area contributed by atoms with Gasteiger partial charge in [0, 0.05) is 12.5 Å². The fourth-order valence-electron chi connectivity index (χ4n) is 4.65. The van der Waals surface area contributed by atoms with Gasteiger partial charge in [0.2, 0.25) is 0 Å². The number of aliphatic carboxylic acids is 1. The number of hydrogen-bond donors (Lipinski definition) is 2. The smallest absolute Gasteiger partial charge is 0.407 e. The van der Waals surface area contributed by atoms with E-state index in [0.29, 0.717) is 19.4 Å². The van der Waals surface area contributed by atoms with Crippen LogP contribution < -0.4 is 5.32 Å². The number of rotatable bonds is 7. The molecule has 33 heavy (non-hydrogen) atoms. The highest BCUT2D eigenvalue weighted by atomic mass is 16.5. The van der Waals surface area contributed by atoms with Gasteiger partial charge < -0.3 is 15.2 Å². The largest absolute Gasteiger partial charge is 0.481 e. The van der Waals surface area contributed by atoms with Crippen LogP contribution in [0, 0.1) is 0 Å². The highest BCUT2D eigenvalue weighted by molar-refractivity contribution is 5.85. The third-order valence-corrected chi connectivity index (χ3v) is 6.64. The van der Waals surface area contributed by atoms with Crippen molar-refractivity contribution < 1.29 is 19.4 Å². The summed E-state index contributed by atoms with van der Waals surface area (Å²) in [4.78, 5) is 23.7. The Balaban J connectivity index is 1.13. The van der Waals surface area contributed by atoms with Gasteiger partial charge in [0.15, 0.2) is 0 Å². The van der Waals surface area contributed by atoms with Crippen molar-refractivity contribution in [2.45, 2.75) is 24.2 Å². The van der Waals surface area contributed by atoms with Gasteiger partial charge in [0.25, 0.3) is 0 Å². The Bertz CT molecular complexity index is 1180. The summed E-state index contributed by atoms with van der Waals surface area (Å²) >= 11 is 0. The van der Waals surface area contributed by atoms with E-state index in [4.69, 9.17) is 4.74 Å². The van der Waals surface area contributed by atoms with E-state index < -0.39 is 17.5 Å². The highest BCUT2D eigenvalue weighted by Crippen LogP contribution is 2.48. The molecule has 0 aliphatic heterocycles. The molecule has 166 valence electrons. The molecule has 0 unspecified atom stereocenters. The molecule has 3 aromatic rings. The van der Waals surface area contributed by atoms with Gasteiger partial charge in [0.05, 0.1) is 5.41 Å². The minimum atomic E-state index is -0.752. The molecule has 5 heteroatoms. The summed E-state index contributed by atoms with van der Waals surface area (Å²) in [6.45, 7) is 0.633. The number of ether oxygens (including phenoxy) is 1. The standard InChI is InChI=1S/C28H25NO4/c30-26(31)28(15-16-28)20-13-11-19(12-14-20)6-5-17-29-27(32)33-18-25-23-9-3-1-7-21(23)22-8-2-4-10-24(22)25/h1-14,25H,15-18H2,(H,29,32)(H,30,31). The Hall–Kier alpha value is -3.86. The van der Waals surface area contributed by atoms with Gasteiger partial charge in [-0.3, -0.25) is 4.79 Å². The maximum atomic E-state index is 12.2. The third kappa shape index (κ3) is 4.02. The molecule has 0 saturated heterocycles. The topological polar surface area (TPSA) is 75.6 Å². The Morgan fingerprint density at radius 3 is 2.12 bits per heavy atom. The van der Waals surface area contributed by atoms with E-state index in [0.717, 1.165) is 11.1 Å². The van der Waals surface area contributed by atoms with Crippen LogP contribution in [0.25, 0.3) is 17.2 Å². The van der Waals surface area contributed by atoms with Crippen LogP contribution in [-0.2, 0) is 14.9 Å². The van der Waals surface area contributed by atoms with Crippen LogP contribution in [0.2, 0.25) is 0 Å². The van der Waals surface area contributed by atoms with E-state index in [-0.39, 0.29) is 12.5 Å². The molecule has 5 rings (SSSR count). The van der Waals surface area contributed by atoms with Crippen LogP contribution in [0.1, 0.15) is 41.0 Å². The number of nitrogens with one attached hydrogen (secondary N) is 1. The van der Waals surface area contributed by atoms with Crippen LogP contribution in [0.3, 0.4) is 0 Å². The average Bonchev–Trinajstić information content (AvgIpc) is 3.60. The number of carboxylic acid groups (broad SMARTS) is 1. The van der Waals surface area contributed by atoms with Crippen molar-refractivity contribution >= 4 is 18.1 Å². The molecule has 3 aromatic carbocycles. The SMILES string of the molecule is O=C(NCC=Cc1ccc(C2(C(=O)O)CC2)cc1)OCC1c2ccccc2-c2ccccc21. The number of carboxylic acids is 1. The molecule has 1 amide bonds.